The fraction of sp³-hybridized carbons (Fsp3) is 0.250. The van der Waals surface area contributed by atoms with Gasteiger partial charge in [0.15, 0.2) is 0 Å². The Morgan fingerprint density at radius 1 is 1.29 bits per heavy atom. The van der Waals surface area contributed by atoms with Crippen LogP contribution in [0.25, 0.3) is 0 Å². The van der Waals surface area contributed by atoms with Crippen molar-refractivity contribution in [2.75, 3.05) is 17.2 Å². The number of pyridine rings is 1. The summed E-state index contributed by atoms with van der Waals surface area (Å²) in [4.78, 5) is 16.4. The standard InChI is InChI=1S/C16H18FN3O/c1-3-8-19-15-10-18-9-7-12(15)16(21)20-14-6-4-5-13(17)11(14)2/h4-7,9-10,19H,3,8H2,1-2H3,(H,20,21). The van der Waals surface area contributed by atoms with Crippen molar-refractivity contribution in [3.63, 3.8) is 0 Å². The van der Waals surface area contributed by atoms with Gasteiger partial charge in [-0.25, -0.2) is 4.39 Å². The average molecular weight is 287 g/mol. The first-order valence-corrected chi connectivity index (χ1v) is 6.87. The molecule has 0 aliphatic heterocycles. The highest BCUT2D eigenvalue weighted by Gasteiger charge is 2.13. The van der Waals surface area contributed by atoms with Crippen LogP contribution in [0.5, 0.6) is 0 Å². The zero-order valence-corrected chi connectivity index (χ0v) is 12.1. The number of benzene rings is 1. The summed E-state index contributed by atoms with van der Waals surface area (Å²) in [5.41, 5.74) is 2.05. The predicted octanol–water partition coefficient (Wildman–Crippen LogP) is 3.60. The second-order valence-corrected chi connectivity index (χ2v) is 4.71. The van der Waals surface area contributed by atoms with Crippen molar-refractivity contribution in [1.29, 1.82) is 0 Å². The lowest BCUT2D eigenvalue weighted by Crippen LogP contribution is -2.16. The zero-order chi connectivity index (χ0) is 15.2. The molecule has 0 bridgehead atoms. The highest BCUT2D eigenvalue weighted by molar-refractivity contribution is 6.08. The zero-order valence-electron chi connectivity index (χ0n) is 12.1. The molecule has 0 radical (unpaired) electrons. The van der Waals surface area contributed by atoms with E-state index in [0.717, 1.165) is 13.0 Å². The molecule has 0 aliphatic rings. The van der Waals surface area contributed by atoms with Crippen LogP contribution in [0.15, 0.2) is 36.7 Å². The number of amides is 1. The van der Waals surface area contributed by atoms with Crippen LogP contribution >= 0.6 is 0 Å². The molecule has 0 aliphatic carbocycles. The molecule has 1 aromatic carbocycles. The Balaban J connectivity index is 2.22. The summed E-state index contributed by atoms with van der Waals surface area (Å²) in [7, 11) is 0. The van der Waals surface area contributed by atoms with Crippen LogP contribution in [-0.2, 0) is 0 Å². The number of hydrogen-bond acceptors (Lipinski definition) is 3. The van der Waals surface area contributed by atoms with E-state index in [9.17, 15) is 9.18 Å². The van der Waals surface area contributed by atoms with E-state index < -0.39 is 0 Å². The van der Waals surface area contributed by atoms with Gasteiger partial charge in [0.25, 0.3) is 5.91 Å². The summed E-state index contributed by atoms with van der Waals surface area (Å²) in [6.45, 7) is 4.43. The van der Waals surface area contributed by atoms with E-state index in [1.165, 1.54) is 6.07 Å². The molecule has 1 aromatic heterocycles. The number of nitrogens with zero attached hydrogens (tertiary/aromatic N) is 1. The molecule has 21 heavy (non-hydrogen) atoms. The molecule has 2 rings (SSSR count). The number of carbonyl (C=O) groups excluding carboxylic acids is 1. The van der Waals surface area contributed by atoms with Crippen LogP contribution in [0.4, 0.5) is 15.8 Å². The minimum Gasteiger partial charge on any atom is -0.383 e. The number of aromatic nitrogens is 1. The van der Waals surface area contributed by atoms with Crippen molar-refractivity contribution in [2.24, 2.45) is 0 Å². The molecule has 1 heterocycles. The van der Waals surface area contributed by atoms with Gasteiger partial charge >= 0.3 is 0 Å². The number of halogens is 1. The second-order valence-electron chi connectivity index (χ2n) is 4.71. The lowest BCUT2D eigenvalue weighted by Gasteiger charge is -2.12. The van der Waals surface area contributed by atoms with Crippen molar-refractivity contribution in [1.82, 2.24) is 4.98 Å². The molecular formula is C16H18FN3O. The Hall–Kier alpha value is -2.43. The van der Waals surface area contributed by atoms with Gasteiger partial charge in [-0.15, -0.1) is 0 Å². The van der Waals surface area contributed by atoms with Gasteiger partial charge in [0.05, 0.1) is 17.4 Å². The van der Waals surface area contributed by atoms with E-state index >= 15 is 0 Å². The van der Waals surface area contributed by atoms with Gasteiger partial charge in [0, 0.05) is 24.0 Å². The van der Waals surface area contributed by atoms with Gasteiger partial charge in [-0.2, -0.15) is 0 Å². The summed E-state index contributed by atoms with van der Waals surface area (Å²) in [6, 6.07) is 6.25. The Labute approximate surface area is 123 Å². The molecule has 0 saturated carbocycles. The SMILES string of the molecule is CCCNc1cnccc1C(=O)Nc1cccc(F)c1C. The van der Waals surface area contributed by atoms with E-state index in [1.54, 1.807) is 37.5 Å². The van der Waals surface area contributed by atoms with Crippen LogP contribution in [0.2, 0.25) is 0 Å². The van der Waals surface area contributed by atoms with Gasteiger partial charge in [-0.3, -0.25) is 9.78 Å². The van der Waals surface area contributed by atoms with Crippen LogP contribution in [-0.4, -0.2) is 17.4 Å². The number of anilines is 2. The Bertz CT molecular complexity index is 643. The van der Waals surface area contributed by atoms with Crippen LogP contribution in [0, 0.1) is 12.7 Å². The van der Waals surface area contributed by atoms with E-state index in [1.807, 2.05) is 6.92 Å². The summed E-state index contributed by atoms with van der Waals surface area (Å²) in [5, 5.41) is 5.90. The number of nitrogens with one attached hydrogen (secondary N) is 2. The predicted molar refractivity (Wildman–Crippen MR) is 82.1 cm³/mol. The molecule has 0 atom stereocenters. The van der Waals surface area contributed by atoms with Crippen LogP contribution in [0.1, 0.15) is 29.3 Å². The Kier molecular flexibility index (Phi) is 4.87. The van der Waals surface area contributed by atoms with Gasteiger partial charge in [0.2, 0.25) is 0 Å². The molecule has 110 valence electrons. The normalized spacial score (nSPS) is 10.2. The lowest BCUT2D eigenvalue weighted by atomic mass is 10.1. The molecule has 1 amide bonds. The molecule has 0 unspecified atom stereocenters. The molecule has 2 N–H and O–H groups in total. The van der Waals surface area contributed by atoms with Crippen molar-refractivity contribution < 1.29 is 9.18 Å². The Morgan fingerprint density at radius 2 is 2.10 bits per heavy atom. The highest BCUT2D eigenvalue weighted by Crippen LogP contribution is 2.20. The first-order chi connectivity index (χ1) is 10.1. The molecule has 0 saturated heterocycles. The average Bonchev–Trinajstić information content (AvgIpc) is 2.50. The second kappa shape index (κ2) is 6.83. The highest BCUT2D eigenvalue weighted by atomic mass is 19.1. The van der Waals surface area contributed by atoms with Crippen LogP contribution < -0.4 is 10.6 Å². The summed E-state index contributed by atoms with van der Waals surface area (Å²) in [5.74, 6) is -0.628. The smallest absolute Gasteiger partial charge is 0.257 e. The monoisotopic (exact) mass is 287 g/mol. The third kappa shape index (κ3) is 3.56. The van der Waals surface area contributed by atoms with E-state index in [-0.39, 0.29) is 11.7 Å². The minimum atomic E-state index is -0.341. The molecular weight excluding hydrogens is 269 g/mol. The van der Waals surface area contributed by atoms with Crippen molar-refractivity contribution in [3.05, 3.63) is 53.6 Å². The molecule has 0 spiro atoms. The maximum Gasteiger partial charge on any atom is 0.257 e. The lowest BCUT2D eigenvalue weighted by molar-refractivity contribution is 0.102. The van der Waals surface area contributed by atoms with E-state index in [4.69, 9.17) is 0 Å². The minimum absolute atomic E-state index is 0.287. The summed E-state index contributed by atoms with van der Waals surface area (Å²) in [6.07, 6.45) is 4.12. The topological polar surface area (TPSA) is 54.0 Å². The van der Waals surface area contributed by atoms with Crippen molar-refractivity contribution in [2.45, 2.75) is 20.3 Å². The molecule has 0 fully saturated rings. The third-order valence-corrected chi connectivity index (χ3v) is 3.15. The van der Waals surface area contributed by atoms with Gasteiger partial charge in [0.1, 0.15) is 5.82 Å². The fourth-order valence-corrected chi connectivity index (χ4v) is 1.93. The Morgan fingerprint density at radius 3 is 2.86 bits per heavy atom. The van der Waals surface area contributed by atoms with Gasteiger partial charge < -0.3 is 10.6 Å². The first kappa shape index (κ1) is 15.0. The van der Waals surface area contributed by atoms with Gasteiger partial charge in [-0.1, -0.05) is 13.0 Å². The van der Waals surface area contributed by atoms with Crippen molar-refractivity contribution in [3.8, 4) is 0 Å². The van der Waals surface area contributed by atoms with Crippen molar-refractivity contribution >= 4 is 17.3 Å². The molecule has 5 heteroatoms. The van der Waals surface area contributed by atoms with E-state index in [0.29, 0.717) is 22.5 Å². The number of rotatable bonds is 5. The number of hydrogen-bond donors (Lipinski definition) is 2. The maximum atomic E-state index is 13.5. The van der Waals surface area contributed by atoms with E-state index in [2.05, 4.69) is 15.6 Å². The molecule has 2 aromatic rings. The van der Waals surface area contributed by atoms with Crippen LogP contribution in [0.3, 0.4) is 0 Å². The summed E-state index contributed by atoms with van der Waals surface area (Å²) >= 11 is 0. The third-order valence-electron chi connectivity index (χ3n) is 3.15. The largest absolute Gasteiger partial charge is 0.383 e. The summed E-state index contributed by atoms with van der Waals surface area (Å²) < 4.78 is 13.5. The first-order valence-electron chi connectivity index (χ1n) is 6.87. The maximum absolute atomic E-state index is 13.5. The number of carbonyl (C=O) groups is 1. The molecule has 4 nitrogen and oxygen atoms in total. The fourth-order valence-electron chi connectivity index (χ4n) is 1.93. The van der Waals surface area contributed by atoms with Gasteiger partial charge in [-0.05, 0) is 31.5 Å². The quantitative estimate of drug-likeness (QED) is 0.883.